The van der Waals surface area contributed by atoms with E-state index in [0.29, 0.717) is 0 Å². The van der Waals surface area contributed by atoms with Gasteiger partial charge in [-0.15, -0.1) is 11.8 Å². The van der Waals surface area contributed by atoms with Crippen LogP contribution < -0.4 is 5.32 Å². The molecule has 2 heterocycles. The number of nitrogens with one attached hydrogen (secondary N) is 1. The van der Waals surface area contributed by atoms with E-state index in [2.05, 4.69) is 65.0 Å². The number of halogens is 1. The fourth-order valence-corrected chi connectivity index (χ4v) is 5.12. The Morgan fingerprint density at radius 3 is 2.56 bits per heavy atom. The summed E-state index contributed by atoms with van der Waals surface area (Å²) in [5.41, 5.74) is 3.98. The van der Waals surface area contributed by atoms with Crippen LogP contribution in [-0.2, 0) is 6.54 Å². The van der Waals surface area contributed by atoms with E-state index in [0.717, 1.165) is 29.9 Å². The first kappa shape index (κ1) is 17.0. The molecule has 1 fully saturated rings. The van der Waals surface area contributed by atoms with Crippen LogP contribution in [0.25, 0.3) is 10.9 Å². The number of para-hydroxylation sites is 1. The maximum absolute atomic E-state index is 6.04. The Bertz CT molecular complexity index is 863. The molecule has 0 spiro atoms. The van der Waals surface area contributed by atoms with E-state index in [9.17, 15) is 0 Å². The number of benzene rings is 2. The smallest absolute Gasteiger partial charge is 0.0497 e. The van der Waals surface area contributed by atoms with Gasteiger partial charge in [0.05, 0.1) is 0 Å². The molecule has 0 unspecified atom stereocenters. The van der Waals surface area contributed by atoms with Crippen LogP contribution in [0.4, 0.5) is 0 Å². The van der Waals surface area contributed by atoms with Crippen LogP contribution in [0.2, 0.25) is 5.02 Å². The van der Waals surface area contributed by atoms with Crippen LogP contribution in [0, 0.1) is 6.92 Å². The molecule has 1 N–H and O–H groups in total. The first-order valence-corrected chi connectivity index (χ1v) is 10.2. The van der Waals surface area contributed by atoms with Gasteiger partial charge >= 0.3 is 0 Å². The van der Waals surface area contributed by atoms with E-state index in [1.54, 1.807) is 0 Å². The number of nitrogens with zero attached hydrogens (tertiary/aromatic N) is 1. The van der Waals surface area contributed by atoms with Crippen LogP contribution in [0.3, 0.4) is 0 Å². The van der Waals surface area contributed by atoms with Gasteiger partial charge in [0.1, 0.15) is 0 Å². The molecule has 130 valence electrons. The third kappa shape index (κ3) is 3.59. The van der Waals surface area contributed by atoms with E-state index in [1.807, 2.05) is 12.1 Å². The van der Waals surface area contributed by atoms with Gasteiger partial charge in [0.15, 0.2) is 0 Å². The van der Waals surface area contributed by atoms with Gasteiger partial charge in [0.2, 0.25) is 0 Å². The van der Waals surface area contributed by atoms with E-state index >= 15 is 0 Å². The number of fused-ring (bicyclic) bond motifs is 1. The van der Waals surface area contributed by atoms with Gasteiger partial charge in [-0.1, -0.05) is 41.9 Å². The zero-order valence-corrected chi connectivity index (χ0v) is 16.0. The summed E-state index contributed by atoms with van der Waals surface area (Å²) in [7, 11) is 0. The number of thioether (sulfide) groups is 1. The summed E-state index contributed by atoms with van der Waals surface area (Å²) in [5, 5.41) is 6.36. The summed E-state index contributed by atoms with van der Waals surface area (Å²) < 4.78 is 2.45. The Hall–Kier alpha value is -1.42. The van der Waals surface area contributed by atoms with Crippen molar-refractivity contribution in [1.82, 2.24) is 9.88 Å². The Labute approximate surface area is 158 Å². The summed E-state index contributed by atoms with van der Waals surface area (Å²) in [5.74, 6) is 0. The molecule has 25 heavy (non-hydrogen) atoms. The third-order valence-corrected chi connectivity index (χ3v) is 6.81. The number of hydrogen-bond acceptors (Lipinski definition) is 2. The second-order valence-corrected chi connectivity index (χ2v) is 8.46. The molecule has 2 aromatic carbocycles. The molecule has 0 bridgehead atoms. The predicted molar refractivity (Wildman–Crippen MR) is 109 cm³/mol. The van der Waals surface area contributed by atoms with E-state index in [4.69, 9.17) is 11.6 Å². The summed E-state index contributed by atoms with van der Waals surface area (Å²) in [6, 6.07) is 17.0. The van der Waals surface area contributed by atoms with E-state index in [1.165, 1.54) is 39.9 Å². The molecule has 0 amide bonds. The zero-order chi connectivity index (χ0) is 17.2. The van der Waals surface area contributed by atoms with Crippen molar-refractivity contribution in [3.8, 4) is 0 Å². The Morgan fingerprint density at radius 1 is 1.08 bits per heavy atom. The molecule has 0 radical (unpaired) electrons. The van der Waals surface area contributed by atoms with Crippen molar-refractivity contribution >= 4 is 34.3 Å². The highest BCUT2D eigenvalue weighted by Crippen LogP contribution is 2.38. The molecule has 4 rings (SSSR count). The minimum atomic E-state index is 0.717. The minimum absolute atomic E-state index is 0.717. The highest BCUT2D eigenvalue weighted by Gasteiger charge is 2.20. The van der Waals surface area contributed by atoms with Crippen molar-refractivity contribution in [2.75, 3.05) is 13.1 Å². The molecule has 0 atom stereocenters. The Morgan fingerprint density at radius 2 is 1.80 bits per heavy atom. The van der Waals surface area contributed by atoms with Crippen molar-refractivity contribution in [3.63, 3.8) is 0 Å². The number of rotatable bonds is 4. The van der Waals surface area contributed by atoms with Crippen molar-refractivity contribution in [2.24, 2.45) is 0 Å². The summed E-state index contributed by atoms with van der Waals surface area (Å²) in [6.07, 6.45) is 2.50. The molecule has 4 heteroatoms. The second-order valence-electron chi connectivity index (χ2n) is 6.71. The van der Waals surface area contributed by atoms with Crippen LogP contribution in [-0.4, -0.2) is 22.9 Å². The van der Waals surface area contributed by atoms with E-state index in [-0.39, 0.29) is 0 Å². The highest BCUT2D eigenvalue weighted by atomic mass is 35.5. The van der Waals surface area contributed by atoms with E-state index < -0.39 is 0 Å². The van der Waals surface area contributed by atoms with Gasteiger partial charge in [-0.2, -0.15) is 0 Å². The largest absolute Gasteiger partial charge is 0.339 e. The first-order chi connectivity index (χ1) is 12.2. The topological polar surface area (TPSA) is 17.0 Å². The van der Waals surface area contributed by atoms with Gasteiger partial charge in [0.25, 0.3) is 0 Å². The molecule has 0 saturated carbocycles. The zero-order valence-electron chi connectivity index (χ0n) is 14.5. The van der Waals surface area contributed by atoms with Gasteiger partial charge in [-0.05, 0) is 56.6 Å². The quantitative estimate of drug-likeness (QED) is 0.653. The number of piperidine rings is 1. The van der Waals surface area contributed by atoms with Gasteiger partial charge in [-0.25, -0.2) is 0 Å². The third-order valence-electron chi connectivity index (χ3n) is 5.00. The average Bonchev–Trinajstić information content (AvgIpc) is 2.90. The molecule has 1 aromatic heterocycles. The lowest BCUT2D eigenvalue weighted by Gasteiger charge is -2.22. The maximum atomic E-state index is 6.04. The fourth-order valence-electron chi connectivity index (χ4n) is 3.60. The van der Waals surface area contributed by atoms with Gasteiger partial charge in [0, 0.05) is 38.3 Å². The molecule has 1 saturated heterocycles. The lowest BCUT2D eigenvalue weighted by Crippen LogP contribution is -2.29. The lowest BCUT2D eigenvalue weighted by molar-refractivity contribution is 0.531. The van der Waals surface area contributed by atoms with Crippen LogP contribution in [0.15, 0.2) is 53.4 Å². The standard InChI is InChI=1S/C21H23ClN2S/c1-15-21(25-18-10-12-23-13-11-18)19-4-2-3-5-20(19)24(15)14-16-6-8-17(22)9-7-16/h2-9,18,23H,10-14H2,1H3. The van der Waals surface area contributed by atoms with Crippen molar-refractivity contribution in [2.45, 2.75) is 36.5 Å². The Balaban J connectivity index is 1.71. The molecule has 0 aliphatic carbocycles. The van der Waals surface area contributed by atoms with Crippen molar-refractivity contribution in [3.05, 3.63) is 64.8 Å². The lowest BCUT2D eigenvalue weighted by atomic mass is 10.2. The Kier molecular flexibility index (Phi) is 5.07. The predicted octanol–water partition coefficient (Wildman–Crippen LogP) is 5.50. The molecule has 3 aromatic rings. The van der Waals surface area contributed by atoms with Crippen LogP contribution >= 0.6 is 23.4 Å². The summed E-state index contributed by atoms with van der Waals surface area (Å²) in [6.45, 7) is 5.43. The molecular formula is C21H23ClN2S. The minimum Gasteiger partial charge on any atom is -0.339 e. The van der Waals surface area contributed by atoms with Gasteiger partial charge < -0.3 is 9.88 Å². The second kappa shape index (κ2) is 7.45. The fraction of sp³-hybridized carbons (Fsp3) is 0.333. The SMILES string of the molecule is Cc1c(SC2CCNCC2)c2ccccc2n1Cc1ccc(Cl)cc1. The monoisotopic (exact) mass is 370 g/mol. The van der Waals surface area contributed by atoms with Gasteiger partial charge in [-0.3, -0.25) is 0 Å². The highest BCUT2D eigenvalue weighted by molar-refractivity contribution is 8.00. The van der Waals surface area contributed by atoms with Crippen molar-refractivity contribution in [1.29, 1.82) is 0 Å². The first-order valence-electron chi connectivity index (χ1n) is 8.92. The summed E-state index contributed by atoms with van der Waals surface area (Å²) in [4.78, 5) is 1.46. The van der Waals surface area contributed by atoms with Crippen molar-refractivity contribution < 1.29 is 0 Å². The number of hydrogen-bond donors (Lipinski definition) is 1. The van der Waals surface area contributed by atoms with Crippen LogP contribution in [0.1, 0.15) is 24.1 Å². The molecular weight excluding hydrogens is 348 g/mol. The molecule has 1 aliphatic heterocycles. The number of aromatic nitrogens is 1. The molecule has 2 nitrogen and oxygen atoms in total. The van der Waals surface area contributed by atoms with Crippen LogP contribution in [0.5, 0.6) is 0 Å². The average molecular weight is 371 g/mol. The molecule has 1 aliphatic rings. The normalized spacial score (nSPS) is 15.8. The maximum Gasteiger partial charge on any atom is 0.0497 e. The summed E-state index contributed by atoms with van der Waals surface area (Å²) >= 11 is 8.11.